The molecular formula is C8H11BrClNO2S2. The fraction of sp³-hybridized carbons (Fsp3) is 0.500. The van der Waals surface area contributed by atoms with Crippen LogP contribution in [0.3, 0.4) is 0 Å². The largest absolute Gasteiger partial charge is 0.311 e. The Morgan fingerprint density at radius 1 is 1.67 bits per heavy atom. The number of nitrogens with one attached hydrogen (secondary N) is 1. The number of hydrogen-bond acceptors (Lipinski definition) is 4. The van der Waals surface area contributed by atoms with Crippen LogP contribution in [0.1, 0.15) is 10.9 Å². The van der Waals surface area contributed by atoms with Gasteiger partial charge in [-0.15, -0.1) is 11.3 Å². The van der Waals surface area contributed by atoms with Gasteiger partial charge in [0, 0.05) is 15.6 Å². The lowest BCUT2D eigenvalue weighted by Gasteiger charge is -2.12. The van der Waals surface area contributed by atoms with Crippen molar-refractivity contribution in [1.82, 2.24) is 5.32 Å². The van der Waals surface area contributed by atoms with Gasteiger partial charge in [0.25, 0.3) is 0 Å². The molecule has 0 radical (unpaired) electrons. The van der Waals surface area contributed by atoms with Crippen molar-refractivity contribution in [2.45, 2.75) is 6.04 Å². The molecule has 7 heteroatoms. The Hall–Kier alpha value is 0.380. The quantitative estimate of drug-likeness (QED) is 0.921. The Bertz CT molecular complexity index is 424. The summed E-state index contributed by atoms with van der Waals surface area (Å²) in [4.78, 5) is 0.916. The molecule has 86 valence electrons. The highest BCUT2D eigenvalue weighted by atomic mass is 79.9. The maximum atomic E-state index is 11.2. The van der Waals surface area contributed by atoms with E-state index in [2.05, 4.69) is 21.2 Å². The van der Waals surface area contributed by atoms with E-state index in [4.69, 9.17) is 11.6 Å². The maximum Gasteiger partial charge on any atom is 0.149 e. The first kappa shape index (κ1) is 13.4. The molecule has 0 saturated heterocycles. The third-order valence-electron chi connectivity index (χ3n) is 1.83. The SMILES string of the molecule is CNC(CS(C)(=O)=O)c1cc(Br)c(Cl)s1. The minimum atomic E-state index is -3.00. The number of thiophene rings is 1. The van der Waals surface area contributed by atoms with Crippen LogP contribution in [0, 0.1) is 0 Å². The van der Waals surface area contributed by atoms with Gasteiger partial charge in [-0.05, 0) is 29.0 Å². The molecular weight excluding hydrogens is 322 g/mol. The Kier molecular flexibility index (Phi) is 4.61. The van der Waals surface area contributed by atoms with Crippen molar-refractivity contribution < 1.29 is 8.42 Å². The smallest absolute Gasteiger partial charge is 0.149 e. The third kappa shape index (κ3) is 4.03. The van der Waals surface area contributed by atoms with E-state index < -0.39 is 9.84 Å². The summed E-state index contributed by atoms with van der Waals surface area (Å²) < 4.78 is 23.8. The van der Waals surface area contributed by atoms with Gasteiger partial charge in [0.1, 0.15) is 14.2 Å². The third-order valence-corrected chi connectivity index (χ3v) is 5.35. The summed E-state index contributed by atoms with van der Waals surface area (Å²) in [7, 11) is -1.27. The Labute approximate surface area is 107 Å². The summed E-state index contributed by atoms with van der Waals surface area (Å²) in [6, 6.07) is 1.65. The van der Waals surface area contributed by atoms with E-state index in [0.717, 1.165) is 9.35 Å². The molecule has 0 aliphatic rings. The maximum absolute atomic E-state index is 11.2. The zero-order valence-electron chi connectivity index (χ0n) is 8.25. The zero-order valence-corrected chi connectivity index (χ0v) is 12.2. The second-order valence-electron chi connectivity index (χ2n) is 3.20. The molecule has 1 unspecified atom stereocenters. The predicted molar refractivity (Wildman–Crippen MR) is 68.5 cm³/mol. The van der Waals surface area contributed by atoms with Gasteiger partial charge < -0.3 is 5.32 Å². The lowest BCUT2D eigenvalue weighted by molar-refractivity contribution is 0.582. The van der Waals surface area contributed by atoms with Gasteiger partial charge in [-0.25, -0.2) is 8.42 Å². The molecule has 1 aromatic rings. The van der Waals surface area contributed by atoms with Gasteiger partial charge in [-0.3, -0.25) is 0 Å². The molecule has 0 bridgehead atoms. The molecule has 1 aromatic heterocycles. The topological polar surface area (TPSA) is 46.2 Å². The standard InChI is InChI=1S/C8H11BrClNO2S2/c1-11-6(4-15(2,12)13)7-3-5(9)8(10)14-7/h3,6,11H,4H2,1-2H3. The van der Waals surface area contributed by atoms with Crippen LogP contribution >= 0.6 is 38.9 Å². The van der Waals surface area contributed by atoms with Gasteiger partial charge >= 0.3 is 0 Å². The highest BCUT2D eigenvalue weighted by molar-refractivity contribution is 9.10. The van der Waals surface area contributed by atoms with E-state index >= 15 is 0 Å². The monoisotopic (exact) mass is 331 g/mol. The number of halogens is 2. The summed E-state index contributed by atoms with van der Waals surface area (Å²) in [5.74, 6) is 0.0762. The summed E-state index contributed by atoms with van der Waals surface area (Å²) in [5, 5.41) is 2.97. The van der Waals surface area contributed by atoms with Gasteiger partial charge in [-0.1, -0.05) is 11.6 Å². The van der Waals surface area contributed by atoms with Crippen molar-refractivity contribution in [3.63, 3.8) is 0 Å². The van der Waals surface area contributed by atoms with Gasteiger partial charge in [0.15, 0.2) is 0 Å². The Morgan fingerprint density at radius 3 is 2.60 bits per heavy atom. The average Bonchev–Trinajstić information content (AvgIpc) is 2.41. The number of hydrogen-bond donors (Lipinski definition) is 1. The fourth-order valence-electron chi connectivity index (χ4n) is 1.15. The van der Waals surface area contributed by atoms with Gasteiger partial charge in [-0.2, -0.15) is 0 Å². The zero-order chi connectivity index (χ0) is 11.6. The fourth-order valence-corrected chi connectivity index (χ4v) is 4.05. The average molecular weight is 333 g/mol. The predicted octanol–water partition coefficient (Wildman–Crippen LogP) is 2.47. The normalized spacial score (nSPS) is 14.1. The second kappa shape index (κ2) is 5.14. The summed E-state index contributed by atoms with van der Waals surface area (Å²) in [6.07, 6.45) is 1.22. The van der Waals surface area contributed by atoms with E-state index in [1.165, 1.54) is 17.6 Å². The highest BCUT2D eigenvalue weighted by Crippen LogP contribution is 2.35. The summed E-state index contributed by atoms with van der Waals surface area (Å²) >= 11 is 10.6. The van der Waals surface area contributed by atoms with Crippen molar-refractivity contribution in [2.75, 3.05) is 19.1 Å². The van der Waals surface area contributed by atoms with Crippen LogP contribution in [0.5, 0.6) is 0 Å². The van der Waals surface area contributed by atoms with Crippen LogP contribution in [0.2, 0.25) is 4.34 Å². The van der Waals surface area contributed by atoms with Crippen molar-refractivity contribution in [2.24, 2.45) is 0 Å². The van der Waals surface area contributed by atoms with E-state index in [0.29, 0.717) is 4.34 Å². The first-order valence-electron chi connectivity index (χ1n) is 4.13. The van der Waals surface area contributed by atoms with E-state index in [9.17, 15) is 8.42 Å². The molecule has 3 nitrogen and oxygen atoms in total. The highest BCUT2D eigenvalue weighted by Gasteiger charge is 2.18. The van der Waals surface area contributed by atoms with Crippen LogP contribution in [-0.4, -0.2) is 27.5 Å². The lowest BCUT2D eigenvalue weighted by atomic mass is 10.3. The first-order chi connectivity index (χ1) is 6.83. The molecule has 1 N–H and O–H groups in total. The lowest BCUT2D eigenvalue weighted by Crippen LogP contribution is -2.23. The van der Waals surface area contributed by atoms with Crippen LogP contribution in [0.15, 0.2) is 10.5 Å². The van der Waals surface area contributed by atoms with Crippen LogP contribution < -0.4 is 5.32 Å². The van der Waals surface area contributed by atoms with Gasteiger partial charge in [0.2, 0.25) is 0 Å². The first-order valence-corrected chi connectivity index (χ1v) is 8.18. The minimum absolute atomic E-state index is 0.0762. The van der Waals surface area contributed by atoms with E-state index in [1.54, 1.807) is 7.05 Å². The Morgan fingerprint density at radius 2 is 2.27 bits per heavy atom. The Balaban J connectivity index is 2.93. The molecule has 0 amide bonds. The molecule has 0 aromatic carbocycles. The molecule has 0 fully saturated rings. The molecule has 0 aliphatic carbocycles. The van der Waals surface area contributed by atoms with Crippen molar-refractivity contribution >= 4 is 48.7 Å². The van der Waals surface area contributed by atoms with Crippen LogP contribution in [-0.2, 0) is 9.84 Å². The number of rotatable bonds is 4. The molecule has 15 heavy (non-hydrogen) atoms. The molecule has 1 atom stereocenters. The van der Waals surface area contributed by atoms with Crippen molar-refractivity contribution in [1.29, 1.82) is 0 Å². The molecule has 1 heterocycles. The van der Waals surface area contributed by atoms with E-state index in [-0.39, 0.29) is 11.8 Å². The molecule has 0 spiro atoms. The van der Waals surface area contributed by atoms with Crippen LogP contribution in [0.25, 0.3) is 0 Å². The van der Waals surface area contributed by atoms with Gasteiger partial charge in [0.05, 0.1) is 11.8 Å². The summed E-state index contributed by atoms with van der Waals surface area (Å²) in [6.45, 7) is 0. The van der Waals surface area contributed by atoms with E-state index in [1.807, 2.05) is 6.07 Å². The van der Waals surface area contributed by atoms with Crippen molar-refractivity contribution in [3.05, 3.63) is 19.8 Å². The molecule has 0 aliphatic heterocycles. The summed E-state index contributed by atoms with van der Waals surface area (Å²) in [5.41, 5.74) is 0. The molecule has 1 rings (SSSR count). The van der Waals surface area contributed by atoms with Crippen molar-refractivity contribution in [3.8, 4) is 0 Å². The minimum Gasteiger partial charge on any atom is -0.311 e. The van der Waals surface area contributed by atoms with Crippen LogP contribution in [0.4, 0.5) is 0 Å². The second-order valence-corrected chi connectivity index (χ2v) is 7.93. The molecule has 0 saturated carbocycles. The number of sulfone groups is 1.